The number of aryl methyl sites for hydroxylation is 1. The van der Waals surface area contributed by atoms with E-state index in [0.29, 0.717) is 0 Å². The summed E-state index contributed by atoms with van der Waals surface area (Å²) in [6.45, 7) is 8.80. The fourth-order valence-electron chi connectivity index (χ4n) is 1.16. The lowest BCUT2D eigenvalue weighted by atomic mass is 10.2. The Morgan fingerprint density at radius 1 is 1.45 bits per heavy atom. The van der Waals surface area contributed by atoms with E-state index in [1.54, 1.807) is 0 Å². The minimum Gasteiger partial charge on any atom is -0.237 e. The van der Waals surface area contributed by atoms with Crippen LogP contribution in [0.1, 0.15) is 20.8 Å². The molecule has 0 amide bonds. The SMILES string of the molecule is CC[n+]1ccn(CC(C)C)c1. The normalized spacial score (nSPS) is 10.9. The van der Waals surface area contributed by atoms with Crippen LogP contribution in [-0.4, -0.2) is 4.57 Å². The molecular formula is C9H17N2+. The van der Waals surface area contributed by atoms with Crippen molar-refractivity contribution < 1.29 is 4.57 Å². The molecule has 0 atom stereocenters. The Bertz CT molecular complexity index is 213. The highest BCUT2D eigenvalue weighted by molar-refractivity contribution is 4.66. The second-order valence-electron chi connectivity index (χ2n) is 3.33. The van der Waals surface area contributed by atoms with Crippen molar-refractivity contribution in [3.05, 3.63) is 18.7 Å². The standard InChI is InChI=1S/C9H17N2/c1-4-10-5-6-11(8-10)7-9(2)3/h5-6,8-9H,4,7H2,1-3H3/q+1. The van der Waals surface area contributed by atoms with Crippen molar-refractivity contribution in [2.75, 3.05) is 0 Å². The molecule has 2 heteroatoms. The first kappa shape index (κ1) is 8.31. The highest BCUT2D eigenvalue weighted by Crippen LogP contribution is 1.96. The molecule has 1 heterocycles. The lowest BCUT2D eigenvalue weighted by Crippen LogP contribution is -2.29. The number of imidazole rings is 1. The summed E-state index contributed by atoms with van der Waals surface area (Å²) in [7, 11) is 0. The third kappa shape index (κ3) is 2.37. The van der Waals surface area contributed by atoms with Crippen molar-refractivity contribution >= 4 is 0 Å². The molecule has 0 fully saturated rings. The van der Waals surface area contributed by atoms with Crippen molar-refractivity contribution in [3.63, 3.8) is 0 Å². The second kappa shape index (κ2) is 3.56. The number of nitrogens with zero attached hydrogens (tertiary/aromatic N) is 2. The second-order valence-corrected chi connectivity index (χ2v) is 3.33. The summed E-state index contributed by atoms with van der Waals surface area (Å²) in [5.41, 5.74) is 0. The molecule has 1 rings (SSSR count). The molecule has 0 unspecified atom stereocenters. The van der Waals surface area contributed by atoms with Crippen LogP contribution in [0.4, 0.5) is 0 Å². The van der Waals surface area contributed by atoms with E-state index < -0.39 is 0 Å². The fourth-order valence-corrected chi connectivity index (χ4v) is 1.16. The minimum absolute atomic E-state index is 0.729. The fraction of sp³-hybridized carbons (Fsp3) is 0.667. The van der Waals surface area contributed by atoms with Gasteiger partial charge >= 0.3 is 0 Å². The predicted molar refractivity (Wildman–Crippen MR) is 45.1 cm³/mol. The van der Waals surface area contributed by atoms with Crippen molar-refractivity contribution in [1.29, 1.82) is 0 Å². The van der Waals surface area contributed by atoms with Gasteiger partial charge in [0.15, 0.2) is 0 Å². The van der Waals surface area contributed by atoms with E-state index in [9.17, 15) is 0 Å². The zero-order valence-corrected chi connectivity index (χ0v) is 7.62. The number of aromatic nitrogens is 2. The Balaban J connectivity index is 2.58. The Morgan fingerprint density at radius 3 is 2.64 bits per heavy atom. The molecule has 0 radical (unpaired) electrons. The summed E-state index contributed by atoms with van der Waals surface area (Å²) >= 11 is 0. The van der Waals surface area contributed by atoms with Gasteiger partial charge in [0.05, 0.1) is 13.1 Å². The molecule has 62 valence electrons. The molecule has 0 aromatic carbocycles. The molecule has 2 nitrogen and oxygen atoms in total. The van der Waals surface area contributed by atoms with Crippen molar-refractivity contribution in [2.24, 2.45) is 5.92 Å². The zero-order valence-electron chi connectivity index (χ0n) is 7.62. The van der Waals surface area contributed by atoms with Gasteiger partial charge < -0.3 is 0 Å². The first-order valence-corrected chi connectivity index (χ1v) is 4.27. The molecule has 0 aliphatic rings. The number of hydrogen-bond acceptors (Lipinski definition) is 0. The maximum absolute atomic E-state index is 2.23. The van der Waals surface area contributed by atoms with Gasteiger partial charge in [-0.3, -0.25) is 0 Å². The van der Waals surface area contributed by atoms with Crippen molar-refractivity contribution in [1.82, 2.24) is 4.57 Å². The topological polar surface area (TPSA) is 8.81 Å². The van der Waals surface area contributed by atoms with E-state index in [1.165, 1.54) is 0 Å². The number of hydrogen-bond donors (Lipinski definition) is 0. The molecule has 0 aliphatic heterocycles. The average Bonchev–Trinajstić information content (AvgIpc) is 2.34. The van der Waals surface area contributed by atoms with Crippen molar-refractivity contribution in [3.8, 4) is 0 Å². The highest BCUT2D eigenvalue weighted by Gasteiger charge is 2.02. The van der Waals surface area contributed by atoms with E-state index in [4.69, 9.17) is 0 Å². The molecule has 1 aromatic rings. The first-order chi connectivity index (χ1) is 5.22. The molecule has 0 spiro atoms. The van der Waals surface area contributed by atoms with Crippen LogP contribution in [0.25, 0.3) is 0 Å². The van der Waals surface area contributed by atoms with Crippen LogP contribution >= 0.6 is 0 Å². The van der Waals surface area contributed by atoms with Crippen LogP contribution < -0.4 is 4.57 Å². The van der Waals surface area contributed by atoms with Gasteiger partial charge in [0.2, 0.25) is 6.33 Å². The summed E-state index contributed by atoms with van der Waals surface area (Å²) in [5.74, 6) is 0.729. The van der Waals surface area contributed by atoms with E-state index in [2.05, 4.69) is 48.6 Å². The largest absolute Gasteiger partial charge is 0.243 e. The Hall–Kier alpha value is -0.790. The van der Waals surface area contributed by atoms with Gasteiger partial charge in [-0.2, -0.15) is 0 Å². The van der Waals surface area contributed by atoms with Gasteiger partial charge in [-0.15, -0.1) is 0 Å². The maximum Gasteiger partial charge on any atom is 0.243 e. The minimum atomic E-state index is 0.729. The highest BCUT2D eigenvalue weighted by atomic mass is 15.1. The molecule has 1 aromatic heterocycles. The van der Waals surface area contributed by atoms with E-state index in [0.717, 1.165) is 19.0 Å². The van der Waals surface area contributed by atoms with Gasteiger partial charge in [0, 0.05) is 0 Å². The summed E-state index contributed by atoms with van der Waals surface area (Å²) in [5, 5.41) is 0. The zero-order chi connectivity index (χ0) is 8.27. The maximum atomic E-state index is 2.23. The molecule has 0 saturated heterocycles. The van der Waals surface area contributed by atoms with E-state index in [-0.39, 0.29) is 0 Å². The van der Waals surface area contributed by atoms with E-state index >= 15 is 0 Å². The smallest absolute Gasteiger partial charge is 0.237 e. The molecule has 0 N–H and O–H groups in total. The summed E-state index contributed by atoms with van der Waals surface area (Å²) in [6, 6.07) is 0. The summed E-state index contributed by atoms with van der Waals surface area (Å²) < 4.78 is 4.41. The third-order valence-corrected chi connectivity index (χ3v) is 1.69. The van der Waals surface area contributed by atoms with Gasteiger partial charge in [0.25, 0.3) is 0 Å². The quantitative estimate of drug-likeness (QED) is 0.581. The van der Waals surface area contributed by atoms with Crippen LogP contribution in [0, 0.1) is 5.92 Å². The lowest BCUT2D eigenvalue weighted by Gasteiger charge is -1.98. The molecule has 11 heavy (non-hydrogen) atoms. The van der Waals surface area contributed by atoms with Crippen LogP contribution in [0.2, 0.25) is 0 Å². The summed E-state index contributed by atoms with van der Waals surface area (Å²) in [4.78, 5) is 0. The average molecular weight is 153 g/mol. The lowest BCUT2D eigenvalue weighted by molar-refractivity contribution is -0.693. The van der Waals surface area contributed by atoms with Crippen LogP contribution in [0.15, 0.2) is 18.7 Å². The first-order valence-electron chi connectivity index (χ1n) is 4.27. The van der Waals surface area contributed by atoms with Crippen molar-refractivity contribution in [2.45, 2.75) is 33.9 Å². The van der Waals surface area contributed by atoms with Gasteiger partial charge in [-0.25, -0.2) is 9.13 Å². The monoisotopic (exact) mass is 153 g/mol. The Labute approximate surface area is 68.5 Å². The van der Waals surface area contributed by atoms with Crippen LogP contribution in [0.3, 0.4) is 0 Å². The Kier molecular flexibility index (Phi) is 2.69. The molecule has 0 aliphatic carbocycles. The summed E-state index contributed by atoms with van der Waals surface area (Å²) in [6.07, 6.45) is 6.39. The molecule has 0 saturated carbocycles. The molecular weight excluding hydrogens is 136 g/mol. The van der Waals surface area contributed by atoms with E-state index in [1.807, 2.05) is 0 Å². The predicted octanol–water partition coefficient (Wildman–Crippen LogP) is 1.45. The third-order valence-electron chi connectivity index (χ3n) is 1.69. The van der Waals surface area contributed by atoms with Gasteiger partial charge in [0.1, 0.15) is 12.4 Å². The Morgan fingerprint density at radius 2 is 2.18 bits per heavy atom. The van der Waals surface area contributed by atoms with Crippen LogP contribution in [-0.2, 0) is 13.1 Å². The number of rotatable bonds is 3. The van der Waals surface area contributed by atoms with Gasteiger partial charge in [-0.05, 0) is 12.8 Å². The van der Waals surface area contributed by atoms with Crippen LogP contribution in [0.5, 0.6) is 0 Å². The van der Waals surface area contributed by atoms with Gasteiger partial charge in [-0.1, -0.05) is 13.8 Å². The molecule has 0 bridgehead atoms.